The van der Waals surface area contributed by atoms with E-state index in [4.69, 9.17) is 0 Å². The van der Waals surface area contributed by atoms with E-state index in [-0.39, 0.29) is 24.6 Å². The zero-order chi connectivity index (χ0) is 13.9. The summed E-state index contributed by atoms with van der Waals surface area (Å²) in [5, 5.41) is 12.9. The van der Waals surface area contributed by atoms with E-state index in [1.165, 1.54) is 5.56 Å². The van der Waals surface area contributed by atoms with Gasteiger partial charge in [0.05, 0.1) is 12.6 Å². The van der Waals surface area contributed by atoms with E-state index in [0.29, 0.717) is 0 Å². The second kappa shape index (κ2) is 5.83. The number of rotatable bonds is 2. The molecule has 1 aromatic rings. The maximum atomic E-state index is 12.7. The number of amides is 1. The lowest BCUT2D eigenvalue weighted by Gasteiger charge is -2.31. The minimum Gasteiger partial charge on any atom is -0.394 e. The van der Waals surface area contributed by atoms with E-state index in [1.807, 2.05) is 23.1 Å². The third-order valence-corrected chi connectivity index (χ3v) is 4.44. The predicted molar refractivity (Wildman–Crippen MR) is 78.6 cm³/mol. The highest BCUT2D eigenvalue weighted by atomic mass is 16.3. The summed E-state index contributed by atoms with van der Waals surface area (Å²) in [7, 11) is 0. The largest absolute Gasteiger partial charge is 0.394 e. The van der Waals surface area contributed by atoms with Crippen molar-refractivity contribution in [3.63, 3.8) is 0 Å². The number of hydrogen-bond acceptors (Lipinski definition) is 3. The van der Waals surface area contributed by atoms with Crippen molar-refractivity contribution >= 4 is 11.6 Å². The van der Waals surface area contributed by atoms with Crippen LogP contribution in [0.1, 0.15) is 31.2 Å². The topological polar surface area (TPSA) is 52.6 Å². The average molecular weight is 274 g/mol. The van der Waals surface area contributed by atoms with Crippen LogP contribution in [0.2, 0.25) is 0 Å². The van der Waals surface area contributed by atoms with Crippen LogP contribution in [-0.2, 0) is 11.2 Å². The number of nitrogens with zero attached hydrogens (tertiary/aromatic N) is 1. The normalized spacial score (nSPS) is 25.8. The second-order valence-electron chi connectivity index (χ2n) is 5.78. The molecule has 1 unspecified atom stereocenters. The number of nitrogens with one attached hydrogen (secondary N) is 1. The highest BCUT2D eigenvalue weighted by Gasteiger charge is 2.33. The van der Waals surface area contributed by atoms with Gasteiger partial charge >= 0.3 is 0 Å². The van der Waals surface area contributed by atoms with E-state index in [0.717, 1.165) is 44.3 Å². The smallest absolute Gasteiger partial charge is 0.245 e. The highest BCUT2D eigenvalue weighted by molar-refractivity contribution is 5.87. The summed E-state index contributed by atoms with van der Waals surface area (Å²) in [6.07, 6.45) is 4.97. The molecule has 108 valence electrons. The van der Waals surface area contributed by atoms with Crippen molar-refractivity contribution < 1.29 is 9.90 Å². The van der Waals surface area contributed by atoms with Gasteiger partial charge in [-0.15, -0.1) is 0 Å². The molecule has 3 rings (SSSR count). The molecule has 4 nitrogen and oxygen atoms in total. The van der Waals surface area contributed by atoms with Crippen molar-refractivity contribution in [2.24, 2.45) is 0 Å². The lowest BCUT2D eigenvalue weighted by atomic mass is 10.1. The summed E-state index contributed by atoms with van der Waals surface area (Å²) in [5.74, 6) is 0.141. The quantitative estimate of drug-likeness (QED) is 0.864. The minimum absolute atomic E-state index is 0.00416. The van der Waals surface area contributed by atoms with Crippen LogP contribution < -0.4 is 5.32 Å². The van der Waals surface area contributed by atoms with Gasteiger partial charge in [-0.25, -0.2) is 0 Å². The molecule has 20 heavy (non-hydrogen) atoms. The van der Waals surface area contributed by atoms with Crippen LogP contribution in [-0.4, -0.2) is 41.1 Å². The molecule has 2 aliphatic rings. The number of benzene rings is 1. The van der Waals surface area contributed by atoms with Gasteiger partial charge in [0.15, 0.2) is 0 Å². The van der Waals surface area contributed by atoms with E-state index >= 15 is 0 Å². The number of carbonyl (C=O) groups excluding carboxylic acids is 1. The molecule has 1 amide bonds. The lowest BCUT2D eigenvalue weighted by molar-refractivity contribution is -0.135. The fourth-order valence-electron chi connectivity index (χ4n) is 3.30. The molecule has 2 aliphatic heterocycles. The zero-order valence-corrected chi connectivity index (χ0v) is 11.7. The zero-order valence-electron chi connectivity index (χ0n) is 11.7. The maximum absolute atomic E-state index is 12.7. The molecule has 0 spiro atoms. The van der Waals surface area contributed by atoms with E-state index < -0.39 is 0 Å². The van der Waals surface area contributed by atoms with Crippen LogP contribution in [0, 0.1) is 0 Å². The van der Waals surface area contributed by atoms with Crippen molar-refractivity contribution in [2.75, 3.05) is 18.5 Å². The molecule has 4 heteroatoms. The van der Waals surface area contributed by atoms with Crippen molar-refractivity contribution in [1.29, 1.82) is 0 Å². The lowest BCUT2D eigenvalue weighted by Crippen LogP contribution is -2.48. The number of aliphatic hydroxyl groups is 1. The average Bonchev–Trinajstić information content (AvgIpc) is 2.77. The van der Waals surface area contributed by atoms with Crippen LogP contribution in [0.4, 0.5) is 5.69 Å². The van der Waals surface area contributed by atoms with E-state index in [1.54, 1.807) is 0 Å². The standard InChI is InChI=1S/C16H22N2O2/c19-11-13-7-2-1-5-9-18(13)16(20)15-10-12-6-3-4-8-14(12)17-15/h3-4,6,8,13,15,17,19H,1-2,5,7,9-11H2/t13?,15-/m0/s1. The molecule has 1 saturated heterocycles. The van der Waals surface area contributed by atoms with Crippen molar-refractivity contribution in [2.45, 2.75) is 44.2 Å². The van der Waals surface area contributed by atoms with Gasteiger partial charge in [-0.05, 0) is 24.5 Å². The number of para-hydroxylation sites is 1. The molecule has 2 heterocycles. The van der Waals surface area contributed by atoms with Gasteiger partial charge in [0.25, 0.3) is 0 Å². The van der Waals surface area contributed by atoms with Crippen molar-refractivity contribution in [3.8, 4) is 0 Å². The third-order valence-electron chi connectivity index (χ3n) is 4.44. The molecule has 0 saturated carbocycles. The molecule has 2 atom stereocenters. The first-order valence-corrected chi connectivity index (χ1v) is 7.55. The Bertz CT molecular complexity index is 464. The molecule has 1 fully saturated rings. The second-order valence-corrected chi connectivity index (χ2v) is 5.78. The van der Waals surface area contributed by atoms with Gasteiger partial charge in [-0.1, -0.05) is 31.0 Å². The Kier molecular flexibility index (Phi) is 3.92. The SMILES string of the molecule is O=C([C@@H]1Cc2ccccc2N1)N1CCCCCC1CO. The molecule has 0 aromatic heterocycles. The summed E-state index contributed by atoms with van der Waals surface area (Å²) in [6, 6.07) is 7.92. The van der Waals surface area contributed by atoms with Crippen LogP contribution in [0.5, 0.6) is 0 Å². The Hall–Kier alpha value is -1.55. The molecular formula is C16H22N2O2. The van der Waals surface area contributed by atoms with E-state index in [2.05, 4.69) is 11.4 Å². The Morgan fingerprint density at radius 1 is 1.30 bits per heavy atom. The Morgan fingerprint density at radius 3 is 2.95 bits per heavy atom. The summed E-state index contributed by atoms with van der Waals surface area (Å²) >= 11 is 0. The van der Waals surface area contributed by atoms with E-state index in [9.17, 15) is 9.90 Å². The van der Waals surface area contributed by atoms with Gasteiger partial charge in [0.2, 0.25) is 5.91 Å². The predicted octanol–water partition coefficient (Wildman–Crippen LogP) is 1.79. The first kappa shape index (κ1) is 13.4. The van der Waals surface area contributed by atoms with Gasteiger partial charge in [-0.3, -0.25) is 4.79 Å². The third kappa shape index (κ3) is 2.52. The van der Waals surface area contributed by atoms with Gasteiger partial charge in [0.1, 0.15) is 6.04 Å². The van der Waals surface area contributed by atoms with Gasteiger partial charge < -0.3 is 15.3 Å². The molecule has 0 aliphatic carbocycles. The number of anilines is 1. The van der Waals surface area contributed by atoms with Crippen LogP contribution in [0.3, 0.4) is 0 Å². The summed E-state index contributed by atoms with van der Waals surface area (Å²) in [5.41, 5.74) is 2.28. The summed E-state index contributed by atoms with van der Waals surface area (Å²) in [4.78, 5) is 14.6. The van der Waals surface area contributed by atoms with Gasteiger partial charge in [-0.2, -0.15) is 0 Å². The Balaban J connectivity index is 1.73. The Morgan fingerprint density at radius 2 is 2.15 bits per heavy atom. The molecular weight excluding hydrogens is 252 g/mol. The van der Waals surface area contributed by atoms with Crippen LogP contribution in [0.25, 0.3) is 0 Å². The van der Waals surface area contributed by atoms with Gasteiger partial charge in [0, 0.05) is 18.7 Å². The van der Waals surface area contributed by atoms with Crippen molar-refractivity contribution in [1.82, 2.24) is 4.90 Å². The fraction of sp³-hybridized carbons (Fsp3) is 0.562. The number of carbonyl (C=O) groups is 1. The maximum Gasteiger partial charge on any atom is 0.245 e. The first-order valence-electron chi connectivity index (χ1n) is 7.55. The minimum atomic E-state index is -0.167. The molecule has 0 bridgehead atoms. The highest BCUT2D eigenvalue weighted by Crippen LogP contribution is 2.27. The molecule has 2 N–H and O–H groups in total. The molecule has 0 radical (unpaired) electrons. The summed E-state index contributed by atoms with van der Waals surface area (Å²) in [6.45, 7) is 0.851. The molecule has 1 aromatic carbocycles. The number of fused-ring (bicyclic) bond motifs is 1. The number of likely N-dealkylation sites (tertiary alicyclic amines) is 1. The Labute approximate surface area is 119 Å². The fourth-order valence-corrected chi connectivity index (χ4v) is 3.30. The number of hydrogen-bond donors (Lipinski definition) is 2. The number of aliphatic hydroxyl groups excluding tert-OH is 1. The van der Waals surface area contributed by atoms with Crippen LogP contribution >= 0.6 is 0 Å². The first-order chi connectivity index (χ1) is 9.79. The van der Waals surface area contributed by atoms with Crippen LogP contribution in [0.15, 0.2) is 24.3 Å². The van der Waals surface area contributed by atoms with Crippen molar-refractivity contribution in [3.05, 3.63) is 29.8 Å². The summed E-state index contributed by atoms with van der Waals surface area (Å²) < 4.78 is 0. The monoisotopic (exact) mass is 274 g/mol.